The summed E-state index contributed by atoms with van der Waals surface area (Å²) >= 11 is 0. The molecule has 3 aromatic carbocycles. The summed E-state index contributed by atoms with van der Waals surface area (Å²) in [5.41, 5.74) is 8.38. The molecule has 0 atom stereocenters. The van der Waals surface area contributed by atoms with Gasteiger partial charge in [-0.15, -0.1) is 0 Å². The number of para-hydroxylation sites is 1. The Kier molecular flexibility index (Phi) is 6.20. The first-order valence-electron chi connectivity index (χ1n) is 13.7. The number of piperidine rings is 1. The molecule has 0 spiro atoms. The second-order valence-corrected chi connectivity index (χ2v) is 10.3. The third-order valence-electron chi connectivity index (χ3n) is 7.54. The summed E-state index contributed by atoms with van der Waals surface area (Å²) in [5, 5.41) is 11.7. The van der Waals surface area contributed by atoms with Gasteiger partial charge in [-0.3, -0.25) is 14.9 Å². The van der Waals surface area contributed by atoms with Gasteiger partial charge in [-0.2, -0.15) is 5.10 Å². The van der Waals surface area contributed by atoms with Gasteiger partial charge in [0.25, 0.3) is 0 Å². The highest BCUT2D eigenvalue weighted by atomic mass is 16.1. The van der Waals surface area contributed by atoms with Gasteiger partial charge in [0.15, 0.2) is 5.82 Å². The zero-order chi connectivity index (χ0) is 26.9. The highest BCUT2D eigenvalue weighted by Crippen LogP contribution is 2.33. The molecule has 6 aromatic rings. The van der Waals surface area contributed by atoms with Gasteiger partial charge in [-0.25, -0.2) is 4.98 Å². The summed E-state index contributed by atoms with van der Waals surface area (Å²) in [7, 11) is 0. The number of H-pyrrole nitrogens is 2. The van der Waals surface area contributed by atoms with Crippen molar-refractivity contribution in [3.8, 4) is 22.6 Å². The highest BCUT2D eigenvalue weighted by molar-refractivity contribution is 5.98. The molecular weight excluding hydrogens is 498 g/mol. The molecule has 0 radical (unpaired) electrons. The Morgan fingerprint density at radius 3 is 2.62 bits per heavy atom. The number of pyridine rings is 1. The molecule has 0 aliphatic carbocycles. The number of nitrogens with one attached hydrogen (secondary N) is 3. The number of carbonyl (C=O) groups excluding carboxylic acids is 1. The molecule has 1 fully saturated rings. The monoisotopic (exact) mass is 527 g/mol. The SMILES string of the molecule is O=C(Cc1ccccc1)Nc1cncc(-c2ccc3[nH]nc(-c4nc5c(N6CCCCC6)cccc5[nH]4)c3c2)c1. The molecule has 0 saturated carbocycles. The van der Waals surface area contributed by atoms with Crippen LogP contribution in [-0.2, 0) is 11.2 Å². The van der Waals surface area contributed by atoms with Crippen molar-refractivity contribution < 1.29 is 4.79 Å². The zero-order valence-electron chi connectivity index (χ0n) is 22.0. The van der Waals surface area contributed by atoms with Crippen molar-refractivity contribution in [3.63, 3.8) is 0 Å². The number of amides is 1. The lowest BCUT2D eigenvalue weighted by molar-refractivity contribution is -0.115. The number of hydrogen-bond donors (Lipinski definition) is 3. The number of imidazole rings is 1. The van der Waals surface area contributed by atoms with Crippen LogP contribution in [0.25, 0.3) is 44.6 Å². The van der Waals surface area contributed by atoms with E-state index in [1.165, 1.54) is 24.9 Å². The predicted molar refractivity (Wildman–Crippen MR) is 159 cm³/mol. The predicted octanol–water partition coefficient (Wildman–Crippen LogP) is 6.34. The zero-order valence-corrected chi connectivity index (χ0v) is 22.0. The van der Waals surface area contributed by atoms with Crippen LogP contribution in [0.3, 0.4) is 0 Å². The maximum absolute atomic E-state index is 12.6. The lowest BCUT2D eigenvalue weighted by atomic mass is 10.0. The average molecular weight is 528 g/mol. The molecule has 3 aromatic heterocycles. The summed E-state index contributed by atoms with van der Waals surface area (Å²) in [5.74, 6) is 0.662. The minimum atomic E-state index is -0.0773. The van der Waals surface area contributed by atoms with Crippen molar-refractivity contribution in [3.05, 3.63) is 90.8 Å². The van der Waals surface area contributed by atoms with Gasteiger partial charge in [0.1, 0.15) is 11.2 Å². The molecule has 0 unspecified atom stereocenters. The van der Waals surface area contributed by atoms with Crippen molar-refractivity contribution in [2.45, 2.75) is 25.7 Å². The lowest BCUT2D eigenvalue weighted by Crippen LogP contribution is -2.29. The minimum absolute atomic E-state index is 0.0773. The van der Waals surface area contributed by atoms with E-state index in [1.54, 1.807) is 12.4 Å². The Morgan fingerprint density at radius 1 is 0.875 bits per heavy atom. The number of hydrogen-bond acceptors (Lipinski definition) is 5. The summed E-state index contributed by atoms with van der Waals surface area (Å²) in [6, 6.07) is 24.1. The fraction of sp³-hybridized carbons (Fsp3) is 0.188. The number of carbonyl (C=O) groups is 1. The number of aromatic nitrogens is 5. The minimum Gasteiger partial charge on any atom is -0.370 e. The fourth-order valence-corrected chi connectivity index (χ4v) is 5.55. The molecule has 40 heavy (non-hydrogen) atoms. The second-order valence-electron chi connectivity index (χ2n) is 10.3. The Morgan fingerprint density at radius 2 is 1.75 bits per heavy atom. The van der Waals surface area contributed by atoms with E-state index in [9.17, 15) is 4.79 Å². The molecule has 0 bridgehead atoms. The molecule has 8 heteroatoms. The third-order valence-corrected chi connectivity index (χ3v) is 7.54. The van der Waals surface area contributed by atoms with E-state index in [0.29, 0.717) is 12.1 Å². The summed E-state index contributed by atoms with van der Waals surface area (Å²) < 4.78 is 0. The van der Waals surface area contributed by atoms with Crippen molar-refractivity contribution in [1.82, 2.24) is 25.1 Å². The molecule has 1 saturated heterocycles. The van der Waals surface area contributed by atoms with E-state index in [-0.39, 0.29) is 5.91 Å². The van der Waals surface area contributed by atoms with Gasteiger partial charge in [0.05, 0.1) is 35.0 Å². The summed E-state index contributed by atoms with van der Waals surface area (Å²) in [6.45, 7) is 2.13. The molecule has 4 heterocycles. The van der Waals surface area contributed by atoms with Crippen LogP contribution in [0, 0.1) is 0 Å². The van der Waals surface area contributed by atoms with Crippen LogP contribution < -0.4 is 10.2 Å². The van der Waals surface area contributed by atoms with Crippen LogP contribution in [0.5, 0.6) is 0 Å². The molecule has 1 aliphatic heterocycles. The van der Waals surface area contributed by atoms with Gasteiger partial charge < -0.3 is 15.2 Å². The molecule has 3 N–H and O–H groups in total. The number of fused-ring (bicyclic) bond motifs is 2. The third kappa shape index (κ3) is 4.68. The summed E-state index contributed by atoms with van der Waals surface area (Å²) in [4.78, 5) is 28.0. The first kappa shape index (κ1) is 24.1. The van der Waals surface area contributed by atoms with Gasteiger partial charge in [-0.05, 0) is 60.7 Å². The largest absolute Gasteiger partial charge is 0.370 e. The molecular formula is C32H29N7O. The van der Waals surface area contributed by atoms with Gasteiger partial charge >= 0.3 is 0 Å². The number of nitrogens with zero attached hydrogens (tertiary/aromatic N) is 4. The van der Waals surface area contributed by atoms with Crippen molar-refractivity contribution in [1.29, 1.82) is 0 Å². The molecule has 1 aliphatic rings. The maximum Gasteiger partial charge on any atom is 0.228 e. The van der Waals surface area contributed by atoms with Crippen molar-refractivity contribution >= 4 is 39.2 Å². The highest BCUT2D eigenvalue weighted by Gasteiger charge is 2.19. The Balaban J connectivity index is 1.19. The van der Waals surface area contributed by atoms with E-state index in [1.807, 2.05) is 48.5 Å². The van der Waals surface area contributed by atoms with Crippen molar-refractivity contribution in [2.75, 3.05) is 23.3 Å². The Bertz CT molecular complexity index is 1820. The van der Waals surface area contributed by atoms with E-state index >= 15 is 0 Å². The van der Waals surface area contributed by atoms with Crippen LogP contribution >= 0.6 is 0 Å². The van der Waals surface area contributed by atoms with Crippen LogP contribution in [0.4, 0.5) is 11.4 Å². The number of rotatable bonds is 6. The molecule has 198 valence electrons. The molecule has 8 nitrogen and oxygen atoms in total. The van der Waals surface area contributed by atoms with E-state index in [4.69, 9.17) is 4.98 Å². The van der Waals surface area contributed by atoms with E-state index in [0.717, 1.165) is 63.2 Å². The van der Waals surface area contributed by atoms with Crippen LogP contribution in [0.1, 0.15) is 24.8 Å². The average Bonchev–Trinajstić information content (AvgIpc) is 3.62. The second kappa shape index (κ2) is 10.3. The van der Waals surface area contributed by atoms with Gasteiger partial charge in [0.2, 0.25) is 5.91 Å². The first-order chi connectivity index (χ1) is 19.7. The Labute approximate surface area is 231 Å². The van der Waals surface area contributed by atoms with E-state index < -0.39 is 0 Å². The van der Waals surface area contributed by atoms with Crippen LogP contribution in [0.15, 0.2) is 85.2 Å². The first-order valence-corrected chi connectivity index (χ1v) is 13.7. The fourth-order valence-electron chi connectivity index (χ4n) is 5.55. The smallest absolute Gasteiger partial charge is 0.228 e. The van der Waals surface area contributed by atoms with Crippen LogP contribution in [0.2, 0.25) is 0 Å². The van der Waals surface area contributed by atoms with E-state index in [2.05, 4.69) is 54.6 Å². The lowest BCUT2D eigenvalue weighted by Gasteiger charge is -2.28. The Hall–Kier alpha value is -4.98. The van der Waals surface area contributed by atoms with Crippen LogP contribution in [-0.4, -0.2) is 44.1 Å². The quantitative estimate of drug-likeness (QED) is 0.235. The summed E-state index contributed by atoms with van der Waals surface area (Å²) in [6.07, 6.45) is 7.51. The molecule has 7 rings (SSSR count). The van der Waals surface area contributed by atoms with Crippen molar-refractivity contribution in [2.24, 2.45) is 0 Å². The normalized spacial score (nSPS) is 13.7. The topological polar surface area (TPSA) is 103 Å². The van der Waals surface area contributed by atoms with Gasteiger partial charge in [0, 0.05) is 30.2 Å². The van der Waals surface area contributed by atoms with Gasteiger partial charge in [-0.1, -0.05) is 42.5 Å². The number of benzene rings is 3. The molecule has 1 amide bonds. The number of aromatic amines is 2. The standard InChI is InChI=1S/C32H29N7O/c40-29(16-21-8-3-1-4-9-21)34-24-17-23(19-33-20-24)22-12-13-26-25(18-22)30(38-37-26)32-35-27-10-7-11-28(31(27)36-32)39-14-5-2-6-15-39/h1,3-4,7-13,17-20H,2,5-6,14-16H2,(H,34,40)(H,35,36)(H,37,38). The maximum atomic E-state index is 12.6. The number of anilines is 2.